The van der Waals surface area contributed by atoms with Crippen LogP contribution in [0.25, 0.3) is 0 Å². The number of nitrogens with one attached hydrogen (secondary N) is 1. The molecule has 1 fully saturated rings. The van der Waals surface area contributed by atoms with Crippen molar-refractivity contribution in [2.45, 2.75) is 26.3 Å². The van der Waals surface area contributed by atoms with Crippen molar-refractivity contribution in [3.05, 3.63) is 29.8 Å². The van der Waals surface area contributed by atoms with E-state index in [1.54, 1.807) is 24.3 Å². The van der Waals surface area contributed by atoms with Crippen LogP contribution in [0.15, 0.2) is 24.3 Å². The van der Waals surface area contributed by atoms with Gasteiger partial charge in [-0.25, -0.2) is 13.2 Å². The standard InChI is InChI=1S/C17H23NO6S/c1-12(2)9-23-15-5-3-13(4-6-15)17(20)24-10-16(19)18-14-7-8-25(21,22)11-14/h3-6,12,14H,7-11H2,1-2H3,(H,18,19). The van der Waals surface area contributed by atoms with Crippen LogP contribution in [-0.2, 0) is 19.4 Å². The second-order valence-corrected chi connectivity index (χ2v) is 8.70. The number of amides is 1. The van der Waals surface area contributed by atoms with Crippen LogP contribution in [0, 0.1) is 5.92 Å². The zero-order chi connectivity index (χ0) is 18.4. The van der Waals surface area contributed by atoms with E-state index in [2.05, 4.69) is 5.32 Å². The molecule has 0 radical (unpaired) electrons. The van der Waals surface area contributed by atoms with E-state index in [-0.39, 0.29) is 11.5 Å². The minimum atomic E-state index is -3.06. The average Bonchev–Trinajstić information content (AvgIpc) is 2.89. The van der Waals surface area contributed by atoms with Crippen molar-refractivity contribution < 1.29 is 27.5 Å². The lowest BCUT2D eigenvalue weighted by Gasteiger charge is -2.11. The highest BCUT2D eigenvalue weighted by atomic mass is 32.2. The number of rotatable bonds is 7. The Morgan fingerprint density at radius 3 is 2.48 bits per heavy atom. The topological polar surface area (TPSA) is 98.8 Å². The molecule has 25 heavy (non-hydrogen) atoms. The summed E-state index contributed by atoms with van der Waals surface area (Å²) in [6, 6.07) is 6.07. The van der Waals surface area contributed by atoms with E-state index in [0.29, 0.717) is 30.3 Å². The van der Waals surface area contributed by atoms with Crippen LogP contribution in [0.5, 0.6) is 5.75 Å². The molecule has 1 amide bonds. The molecular formula is C17H23NO6S. The molecule has 138 valence electrons. The van der Waals surface area contributed by atoms with Gasteiger partial charge in [0.1, 0.15) is 5.75 Å². The van der Waals surface area contributed by atoms with Crippen LogP contribution in [0.4, 0.5) is 0 Å². The van der Waals surface area contributed by atoms with E-state index in [9.17, 15) is 18.0 Å². The molecule has 7 nitrogen and oxygen atoms in total. The average molecular weight is 369 g/mol. The first kappa shape index (κ1) is 19.2. The molecule has 0 saturated carbocycles. The predicted octanol–water partition coefficient (Wildman–Crippen LogP) is 1.18. The summed E-state index contributed by atoms with van der Waals surface area (Å²) in [6.45, 7) is 4.22. The molecule has 1 aromatic rings. The van der Waals surface area contributed by atoms with Crippen molar-refractivity contribution in [1.29, 1.82) is 0 Å². The zero-order valence-electron chi connectivity index (χ0n) is 14.4. The van der Waals surface area contributed by atoms with Gasteiger partial charge in [-0.1, -0.05) is 13.8 Å². The molecule has 0 bridgehead atoms. The van der Waals surface area contributed by atoms with Crippen molar-refractivity contribution in [3.8, 4) is 5.75 Å². The fourth-order valence-corrected chi connectivity index (χ4v) is 4.02. The van der Waals surface area contributed by atoms with Gasteiger partial charge < -0.3 is 14.8 Å². The third kappa shape index (κ3) is 6.38. The Balaban J connectivity index is 1.77. The first-order valence-electron chi connectivity index (χ1n) is 8.15. The highest BCUT2D eigenvalue weighted by molar-refractivity contribution is 7.91. The van der Waals surface area contributed by atoms with Crippen LogP contribution in [-0.4, -0.2) is 51.1 Å². The lowest BCUT2D eigenvalue weighted by atomic mass is 10.2. The van der Waals surface area contributed by atoms with E-state index in [0.717, 1.165) is 0 Å². The van der Waals surface area contributed by atoms with Crippen LogP contribution < -0.4 is 10.1 Å². The maximum absolute atomic E-state index is 11.9. The maximum atomic E-state index is 11.9. The van der Waals surface area contributed by atoms with Gasteiger partial charge in [-0.2, -0.15) is 0 Å². The molecule has 0 spiro atoms. The molecular weight excluding hydrogens is 346 g/mol. The normalized spacial score (nSPS) is 18.8. The predicted molar refractivity (Wildman–Crippen MR) is 92.3 cm³/mol. The molecule has 1 unspecified atom stereocenters. The number of benzene rings is 1. The van der Waals surface area contributed by atoms with Gasteiger partial charge in [0.2, 0.25) is 0 Å². The van der Waals surface area contributed by atoms with Gasteiger partial charge in [-0.05, 0) is 36.6 Å². The van der Waals surface area contributed by atoms with Crippen molar-refractivity contribution in [2.75, 3.05) is 24.7 Å². The molecule has 1 aliphatic rings. The third-order valence-electron chi connectivity index (χ3n) is 3.61. The van der Waals surface area contributed by atoms with Gasteiger partial charge in [0.25, 0.3) is 5.91 Å². The number of hydrogen-bond acceptors (Lipinski definition) is 6. The van der Waals surface area contributed by atoms with E-state index in [4.69, 9.17) is 9.47 Å². The summed E-state index contributed by atoms with van der Waals surface area (Å²) >= 11 is 0. The SMILES string of the molecule is CC(C)COc1ccc(C(=O)OCC(=O)NC2CCS(=O)(=O)C2)cc1. The lowest BCUT2D eigenvalue weighted by molar-refractivity contribution is -0.124. The largest absolute Gasteiger partial charge is 0.493 e. The second kappa shape index (κ2) is 8.33. The monoisotopic (exact) mass is 369 g/mol. The number of carbonyl (C=O) groups is 2. The van der Waals surface area contributed by atoms with E-state index in [1.165, 1.54) is 0 Å². The third-order valence-corrected chi connectivity index (χ3v) is 5.37. The Hall–Kier alpha value is -2.09. The highest BCUT2D eigenvalue weighted by Crippen LogP contribution is 2.14. The van der Waals surface area contributed by atoms with Gasteiger partial charge in [-0.15, -0.1) is 0 Å². The molecule has 1 aromatic carbocycles. The van der Waals surface area contributed by atoms with Crippen molar-refractivity contribution in [2.24, 2.45) is 5.92 Å². The van der Waals surface area contributed by atoms with Crippen molar-refractivity contribution in [1.82, 2.24) is 5.32 Å². The molecule has 0 aromatic heterocycles. The van der Waals surface area contributed by atoms with Crippen LogP contribution in [0.1, 0.15) is 30.6 Å². The minimum absolute atomic E-state index is 0.0650. The van der Waals surface area contributed by atoms with Gasteiger partial charge in [0.15, 0.2) is 16.4 Å². The first-order chi connectivity index (χ1) is 11.7. The Bertz CT molecular complexity index is 711. The van der Waals surface area contributed by atoms with E-state index < -0.39 is 34.4 Å². The molecule has 2 rings (SSSR count). The summed E-state index contributed by atoms with van der Waals surface area (Å²) < 4.78 is 33.2. The van der Waals surface area contributed by atoms with Crippen molar-refractivity contribution in [3.63, 3.8) is 0 Å². The lowest BCUT2D eigenvalue weighted by Crippen LogP contribution is -2.38. The van der Waals surface area contributed by atoms with Gasteiger partial charge >= 0.3 is 5.97 Å². The molecule has 0 aliphatic carbocycles. The molecule has 8 heteroatoms. The Labute approximate surface area is 147 Å². The number of ether oxygens (including phenoxy) is 2. The van der Waals surface area contributed by atoms with Crippen LogP contribution in [0.3, 0.4) is 0 Å². The molecule has 1 N–H and O–H groups in total. The molecule has 1 aliphatic heterocycles. The first-order valence-corrected chi connectivity index (χ1v) is 9.97. The maximum Gasteiger partial charge on any atom is 0.338 e. The summed E-state index contributed by atoms with van der Waals surface area (Å²) in [4.78, 5) is 23.7. The Morgan fingerprint density at radius 1 is 1.24 bits per heavy atom. The molecule has 1 atom stereocenters. The zero-order valence-corrected chi connectivity index (χ0v) is 15.2. The fourth-order valence-electron chi connectivity index (χ4n) is 2.34. The number of esters is 1. The number of sulfone groups is 1. The fraction of sp³-hybridized carbons (Fsp3) is 0.529. The summed E-state index contributed by atoms with van der Waals surface area (Å²) in [5.74, 6) is -0.0617. The van der Waals surface area contributed by atoms with Crippen molar-refractivity contribution >= 4 is 21.7 Å². The Kier molecular flexibility index (Phi) is 6.41. The van der Waals surface area contributed by atoms with Gasteiger partial charge in [0, 0.05) is 6.04 Å². The minimum Gasteiger partial charge on any atom is -0.493 e. The van der Waals surface area contributed by atoms with Crippen LogP contribution in [0.2, 0.25) is 0 Å². The summed E-state index contributed by atoms with van der Waals surface area (Å²) in [7, 11) is -3.06. The van der Waals surface area contributed by atoms with Gasteiger partial charge in [-0.3, -0.25) is 4.79 Å². The summed E-state index contributed by atoms with van der Waals surface area (Å²) in [5.41, 5.74) is 0.313. The summed E-state index contributed by atoms with van der Waals surface area (Å²) in [6.07, 6.45) is 0.389. The smallest absolute Gasteiger partial charge is 0.338 e. The quantitative estimate of drug-likeness (QED) is 0.725. The number of hydrogen-bond donors (Lipinski definition) is 1. The Morgan fingerprint density at radius 2 is 1.92 bits per heavy atom. The van der Waals surface area contributed by atoms with Crippen LogP contribution >= 0.6 is 0 Å². The van der Waals surface area contributed by atoms with E-state index >= 15 is 0 Å². The van der Waals surface area contributed by atoms with Gasteiger partial charge in [0.05, 0.1) is 23.7 Å². The second-order valence-electron chi connectivity index (χ2n) is 6.47. The highest BCUT2D eigenvalue weighted by Gasteiger charge is 2.29. The summed E-state index contributed by atoms with van der Waals surface area (Å²) in [5, 5.41) is 2.56. The van der Waals surface area contributed by atoms with E-state index in [1.807, 2.05) is 13.8 Å². The molecule has 1 heterocycles. The molecule has 1 saturated heterocycles. The number of carbonyl (C=O) groups excluding carboxylic acids is 2.